The maximum atomic E-state index is 10.8. The molecule has 0 aliphatic rings. The van der Waals surface area contributed by atoms with Crippen LogP contribution in [0.15, 0.2) is 54.6 Å². The molecular formula is C13H11NO4. The molecule has 0 saturated carbocycles. The van der Waals surface area contributed by atoms with E-state index in [1.165, 1.54) is 6.07 Å². The summed E-state index contributed by atoms with van der Waals surface area (Å²) in [4.78, 5) is 18.8. The van der Waals surface area contributed by atoms with Gasteiger partial charge < -0.3 is 5.11 Å². The predicted molar refractivity (Wildman–Crippen MR) is 67.2 cm³/mol. The molecule has 1 N–H and O–H groups in total. The molecule has 0 atom stereocenters. The fourth-order valence-corrected chi connectivity index (χ4v) is 1.49. The molecule has 0 saturated heterocycles. The van der Waals surface area contributed by atoms with Crippen molar-refractivity contribution in [3.05, 3.63) is 64.7 Å². The lowest BCUT2D eigenvalue weighted by Gasteiger charge is -2.01. The molecule has 0 aromatic heterocycles. The molecule has 0 heterocycles. The van der Waals surface area contributed by atoms with Crippen molar-refractivity contribution in [2.75, 3.05) is 0 Å². The highest BCUT2D eigenvalue weighted by Crippen LogP contribution is 2.28. The van der Waals surface area contributed by atoms with Crippen molar-refractivity contribution in [2.45, 2.75) is 0 Å². The second-order valence-electron chi connectivity index (χ2n) is 3.25. The summed E-state index contributed by atoms with van der Waals surface area (Å²) in [6.07, 6.45) is 0. The molecule has 0 radical (unpaired) electrons. The van der Waals surface area contributed by atoms with Gasteiger partial charge in [0.1, 0.15) is 0 Å². The highest BCUT2D eigenvalue weighted by Gasteiger charge is 2.12. The molecule has 0 aliphatic carbocycles. The molecule has 0 aliphatic heterocycles. The molecule has 0 spiro atoms. The molecule has 2 aromatic rings. The van der Waals surface area contributed by atoms with E-state index in [4.69, 9.17) is 9.90 Å². The highest BCUT2D eigenvalue weighted by atomic mass is 16.6. The molecule has 92 valence electrons. The van der Waals surface area contributed by atoms with Crippen molar-refractivity contribution < 1.29 is 14.8 Å². The first-order valence-corrected chi connectivity index (χ1v) is 5.07. The van der Waals surface area contributed by atoms with Gasteiger partial charge in [-0.25, -0.2) is 0 Å². The van der Waals surface area contributed by atoms with Gasteiger partial charge in [0.25, 0.3) is 12.2 Å². The molecular weight excluding hydrogens is 234 g/mol. The first kappa shape index (κ1) is 13.4. The van der Waals surface area contributed by atoms with Crippen LogP contribution >= 0.6 is 0 Å². The molecule has 0 bridgehead atoms. The van der Waals surface area contributed by atoms with E-state index in [1.54, 1.807) is 18.2 Å². The van der Waals surface area contributed by atoms with Crippen molar-refractivity contribution in [1.82, 2.24) is 0 Å². The normalized spacial score (nSPS) is 8.89. The van der Waals surface area contributed by atoms with Crippen LogP contribution < -0.4 is 0 Å². The van der Waals surface area contributed by atoms with Crippen LogP contribution in [0.1, 0.15) is 0 Å². The van der Waals surface area contributed by atoms with E-state index in [0.29, 0.717) is 5.56 Å². The number of nitro groups is 1. The lowest BCUT2D eigenvalue weighted by atomic mass is 10.0. The number of benzene rings is 2. The van der Waals surface area contributed by atoms with E-state index < -0.39 is 0 Å². The minimum Gasteiger partial charge on any atom is -0.483 e. The smallest absolute Gasteiger partial charge is 0.290 e. The molecule has 0 unspecified atom stereocenters. The highest BCUT2D eigenvalue weighted by molar-refractivity contribution is 5.73. The Labute approximate surface area is 103 Å². The minimum atomic E-state index is -0.359. The number of rotatable bonds is 2. The molecule has 5 nitrogen and oxygen atoms in total. The van der Waals surface area contributed by atoms with E-state index in [9.17, 15) is 10.1 Å². The molecule has 5 heteroatoms. The summed E-state index contributed by atoms with van der Waals surface area (Å²) in [5, 5.41) is 17.7. The van der Waals surface area contributed by atoms with Gasteiger partial charge in [0.2, 0.25) is 0 Å². The van der Waals surface area contributed by atoms with Crippen LogP contribution in [0.3, 0.4) is 0 Å². The van der Waals surface area contributed by atoms with Gasteiger partial charge in [-0.1, -0.05) is 42.5 Å². The third kappa shape index (κ3) is 3.41. The zero-order chi connectivity index (χ0) is 13.4. The Morgan fingerprint density at radius 2 is 1.50 bits per heavy atom. The van der Waals surface area contributed by atoms with Crippen LogP contribution in [0, 0.1) is 10.1 Å². The summed E-state index contributed by atoms with van der Waals surface area (Å²) in [6, 6.07) is 16.1. The van der Waals surface area contributed by atoms with Gasteiger partial charge in [-0.3, -0.25) is 14.9 Å². The van der Waals surface area contributed by atoms with Gasteiger partial charge in [0.15, 0.2) is 0 Å². The molecule has 2 aromatic carbocycles. The molecule has 18 heavy (non-hydrogen) atoms. The maximum Gasteiger partial charge on any atom is 0.290 e. The van der Waals surface area contributed by atoms with Gasteiger partial charge in [0.05, 0.1) is 10.5 Å². The van der Waals surface area contributed by atoms with Crippen molar-refractivity contribution in [2.24, 2.45) is 0 Å². The lowest BCUT2D eigenvalue weighted by Crippen LogP contribution is -1.90. The zero-order valence-electron chi connectivity index (χ0n) is 9.39. The number of nitro benzene ring substituents is 1. The Kier molecular flexibility index (Phi) is 5.05. The van der Waals surface area contributed by atoms with E-state index in [-0.39, 0.29) is 17.1 Å². The van der Waals surface area contributed by atoms with Crippen molar-refractivity contribution in [3.63, 3.8) is 0 Å². The number of nitrogens with zero attached hydrogens (tertiary/aromatic N) is 1. The summed E-state index contributed by atoms with van der Waals surface area (Å²) >= 11 is 0. The Morgan fingerprint density at radius 3 is 2.06 bits per heavy atom. The lowest BCUT2D eigenvalue weighted by molar-refractivity contribution is -0.384. The first-order chi connectivity index (χ1) is 8.70. The van der Waals surface area contributed by atoms with Crippen molar-refractivity contribution in [3.8, 4) is 11.1 Å². The number of carboxylic acid groups (broad SMARTS) is 1. The molecule has 0 fully saturated rings. The van der Waals surface area contributed by atoms with Crippen LogP contribution in [-0.2, 0) is 4.79 Å². The summed E-state index contributed by atoms with van der Waals surface area (Å²) in [7, 11) is 0. The van der Waals surface area contributed by atoms with Crippen LogP contribution in [0.2, 0.25) is 0 Å². The summed E-state index contributed by atoms with van der Waals surface area (Å²) in [6.45, 7) is -0.250. The summed E-state index contributed by atoms with van der Waals surface area (Å²) in [5.41, 5.74) is 1.66. The summed E-state index contributed by atoms with van der Waals surface area (Å²) in [5.74, 6) is 0. The summed E-state index contributed by atoms with van der Waals surface area (Å²) < 4.78 is 0. The Bertz CT molecular complexity index is 526. The van der Waals surface area contributed by atoms with Crippen LogP contribution in [-0.4, -0.2) is 16.5 Å². The molecule has 0 amide bonds. The average molecular weight is 245 g/mol. The second kappa shape index (κ2) is 6.80. The van der Waals surface area contributed by atoms with E-state index in [1.807, 2.05) is 30.3 Å². The maximum absolute atomic E-state index is 10.8. The van der Waals surface area contributed by atoms with Gasteiger partial charge in [-0.05, 0) is 11.6 Å². The monoisotopic (exact) mass is 245 g/mol. The quantitative estimate of drug-likeness (QED) is 0.501. The number of hydrogen-bond donors (Lipinski definition) is 1. The van der Waals surface area contributed by atoms with E-state index in [0.717, 1.165) is 5.56 Å². The fourth-order valence-electron chi connectivity index (χ4n) is 1.49. The minimum absolute atomic E-state index is 0.142. The third-order valence-electron chi connectivity index (χ3n) is 2.19. The zero-order valence-corrected chi connectivity index (χ0v) is 9.39. The first-order valence-electron chi connectivity index (χ1n) is 5.07. The number of carbonyl (C=O) groups is 1. The SMILES string of the molecule is O=CO.O=[N+]([O-])c1ccccc1-c1ccccc1. The van der Waals surface area contributed by atoms with Gasteiger partial charge in [0, 0.05) is 6.07 Å². The molecule has 2 rings (SSSR count). The van der Waals surface area contributed by atoms with Crippen molar-refractivity contribution >= 4 is 12.2 Å². The largest absolute Gasteiger partial charge is 0.483 e. The standard InChI is InChI=1S/C12H9NO2.CH2O2/c14-13(15)12-9-5-4-8-11(12)10-6-2-1-3-7-10;2-1-3/h1-9H;1H,(H,2,3). The predicted octanol–water partition coefficient (Wildman–Crippen LogP) is 2.96. The number of para-hydroxylation sites is 1. The van der Waals surface area contributed by atoms with Gasteiger partial charge >= 0.3 is 0 Å². The van der Waals surface area contributed by atoms with Crippen molar-refractivity contribution in [1.29, 1.82) is 0 Å². The van der Waals surface area contributed by atoms with E-state index >= 15 is 0 Å². The van der Waals surface area contributed by atoms with Gasteiger partial charge in [-0.15, -0.1) is 0 Å². The van der Waals surface area contributed by atoms with Crippen LogP contribution in [0.4, 0.5) is 5.69 Å². The fraction of sp³-hybridized carbons (Fsp3) is 0. The van der Waals surface area contributed by atoms with E-state index in [2.05, 4.69) is 0 Å². The Hall–Kier alpha value is -2.69. The second-order valence-corrected chi connectivity index (χ2v) is 3.25. The van der Waals surface area contributed by atoms with Crippen LogP contribution in [0.25, 0.3) is 11.1 Å². The van der Waals surface area contributed by atoms with Gasteiger partial charge in [-0.2, -0.15) is 0 Å². The number of hydrogen-bond acceptors (Lipinski definition) is 3. The topological polar surface area (TPSA) is 80.4 Å². The third-order valence-corrected chi connectivity index (χ3v) is 2.19. The van der Waals surface area contributed by atoms with Crippen LogP contribution in [0.5, 0.6) is 0 Å². The Balaban J connectivity index is 0.000000492. The Morgan fingerprint density at radius 1 is 1.00 bits per heavy atom. The average Bonchev–Trinajstić information content (AvgIpc) is 2.40.